The number of rotatable bonds is 8. The summed E-state index contributed by atoms with van der Waals surface area (Å²) in [5.41, 5.74) is 5.44. The second kappa shape index (κ2) is 13.5. The first kappa shape index (κ1) is 32.5. The maximum Gasteiger partial charge on any atom is 0.324 e. The van der Waals surface area contributed by atoms with E-state index < -0.39 is 14.7 Å². The van der Waals surface area contributed by atoms with Crippen LogP contribution in [0.15, 0.2) is 12.1 Å². The molecule has 0 radical (unpaired) electrons. The van der Waals surface area contributed by atoms with Gasteiger partial charge in [0.15, 0.2) is 0 Å². The predicted molar refractivity (Wildman–Crippen MR) is 141 cm³/mol. The zero-order chi connectivity index (χ0) is 26.2. The quantitative estimate of drug-likeness (QED) is 0.223. The van der Waals surface area contributed by atoms with Crippen molar-refractivity contribution in [1.82, 2.24) is 0 Å². The molecule has 2 atom stereocenters. The van der Waals surface area contributed by atoms with Crippen LogP contribution in [0.3, 0.4) is 0 Å². The highest BCUT2D eigenvalue weighted by molar-refractivity contribution is 7.38. The van der Waals surface area contributed by atoms with Gasteiger partial charge in [-0.1, -0.05) is 101 Å². The van der Waals surface area contributed by atoms with Crippen LogP contribution in [-0.2, 0) is 16.2 Å². The lowest BCUT2D eigenvalue weighted by atomic mass is 9.68. The van der Waals surface area contributed by atoms with Crippen LogP contribution < -0.4 is 0 Å². The molecule has 0 amide bonds. The van der Waals surface area contributed by atoms with Crippen molar-refractivity contribution in [3.05, 3.63) is 34.4 Å². The highest BCUT2D eigenvalue weighted by atomic mass is 31.2. The molecule has 0 aliphatic carbocycles. The standard InChI is InChI=1S/C27H48O2.H3O3P/c1-11-12-13-14-20(23(29)15-16-28)24-21(26(5,6)7)17-19(25(2,3)4)18-22(24)27(8,9)10;1-4(2)3/h17-18,20,23,28-29H,11-16H2,1-10H3;1-3H. The predicted octanol–water partition coefficient (Wildman–Crippen LogP) is 6.18. The maximum atomic E-state index is 11.1. The van der Waals surface area contributed by atoms with Crippen molar-refractivity contribution in [2.75, 3.05) is 6.61 Å². The van der Waals surface area contributed by atoms with Crippen LogP contribution >= 0.6 is 8.60 Å². The molecule has 0 aliphatic heterocycles. The highest BCUT2D eigenvalue weighted by Gasteiger charge is 2.34. The molecular weight excluding hydrogens is 435 g/mol. The van der Waals surface area contributed by atoms with E-state index in [4.69, 9.17) is 14.7 Å². The summed E-state index contributed by atoms with van der Waals surface area (Å²) in [5.74, 6) is 0.0613. The molecule has 6 heteroatoms. The third-order valence-electron chi connectivity index (χ3n) is 6.04. The van der Waals surface area contributed by atoms with Crippen LogP contribution in [0.5, 0.6) is 0 Å². The minimum atomic E-state index is -2.62. The van der Waals surface area contributed by atoms with Crippen molar-refractivity contribution in [2.24, 2.45) is 0 Å². The van der Waals surface area contributed by atoms with Gasteiger partial charge in [-0.15, -0.1) is 0 Å². The van der Waals surface area contributed by atoms with Gasteiger partial charge in [0, 0.05) is 12.5 Å². The molecule has 0 heterocycles. The normalized spacial score (nSPS) is 14.7. The van der Waals surface area contributed by atoms with Gasteiger partial charge < -0.3 is 24.9 Å². The molecule has 0 fully saturated rings. The molecule has 194 valence electrons. The zero-order valence-corrected chi connectivity index (χ0v) is 23.6. The molecule has 1 aromatic rings. The lowest BCUT2D eigenvalue weighted by molar-refractivity contribution is 0.102. The summed E-state index contributed by atoms with van der Waals surface area (Å²) in [7, 11) is -2.62. The van der Waals surface area contributed by atoms with Crippen LogP contribution in [-0.4, -0.2) is 37.6 Å². The van der Waals surface area contributed by atoms with E-state index >= 15 is 0 Å². The van der Waals surface area contributed by atoms with Gasteiger partial charge >= 0.3 is 8.60 Å². The number of aliphatic hydroxyl groups is 2. The Labute approximate surface area is 204 Å². The molecule has 5 nitrogen and oxygen atoms in total. The first-order valence-corrected chi connectivity index (χ1v) is 13.4. The molecule has 1 rings (SSSR count). The summed E-state index contributed by atoms with van der Waals surface area (Å²) < 4.78 is 0. The third kappa shape index (κ3) is 11.2. The van der Waals surface area contributed by atoms with Gasteiger partial charge in [0.25, 0.3) is 0 Å². The van der Waals surface area contributed by atoms with E-state index in [0.717, 1.165) is 12.8 Å². The Balaban J connectivity index is 0.00000235. The summed E-state index contributed by atoms with van der Waals surface area (Å²) in [6.07, 6.45) is 4.35. The van der Waals surface area contributed by atoms with E-state index in [1.807, 2.05) is 0 Å². The van der Waals surface area contributed by atoms with Crippen molar-refractivity contribution >= 4 is 8.60 Å². The van der Waals surface area contributed by atoms with E-state index in [0.29, 0.717) is 6.42 Å². The number of hydrogen-bond acceptors (Lipinski definition) is 5. The summed E-state index contributed by atoms with van der Waals surface area (Å²) in [4.78, 5) is 21.7. The largest absolute Gasteiger partial charge is 0.396 e. The summed E-state index contributed by atoms with van der Waals surface area (Å²) >= 11 is 0. The number of unbranched alkanes of at least 4 members (excludes halogenated alkanes) is 2. The van der Waals surface area contributed by atoms with Gasteiger partial charge in [-0.2, -0.15) is 0 Å². The maximum absolute atomic E-state index is 11.1. The number of benzene rings is 1. The van der Waals surface area contributed by atoms with Crippen LogP contribution in [0.4, 0.5) is 0 Å². The van der Waals surface area contributed by atoms with E-state index in [2.05, 4.69) is 81.4 Å². The minimum absolute atomic E-state index is 0.0153. The van der Waals surface area contributed by atoms with E-state index in [1.165, 1.54) is 35.1 Å². The van der Waals surface area contributed by atoms with Crippen LogP contribution in [0.1, 0.15) is 130 Å². The first-order valence-electron chi connectivity index (χ1n) is 12.2. The molecule has 0 saturated carbocycles. The Morgan fingerprint density at radius 2 is 1.18 bits per heavy atom. The van der Waals surface area contributed by atoms with E-state index in [9.17, 15) is 10.2 Å². The van der Waals surface area contributed by atoms with Gasteiger partial charge in [-0.3, -0.25) is 0 Å². The molecule has 2 unspecified atom stereocenters. The third-order valence-corrected chi connectivity index (χ3v) is 6.04. The minimum Gasteiger partial charge on any atom is -0.396 e. The van der Waals surface area contributed by atoms with Crippen LogP contribution in [0.2, 0.25) is 0 Å². The Morgan fingerprint density at radius 3 is 1.48 bits per heavy atom. The van der Waals surface area contributed by atoms with Crippen molar-refractivity contribution < 1.29 is 24.9 Å². The zero-order valence-electron chi connectivity index (χ0n) is 22.7. The number of hydrogen-bond donors (Lipinski definition) is 5. The Hall–Kier alpha value is -0.550. The lowest BCUT2D eigenvalue weighted by Gasteiger charge is -2.38. The summed E-state index contributed by atoms with van der Waals surface area (Å²) in [6, 6.07) is 4.78. The Bertz CT molecular complexity index is 658. The SMILES string of the molecule is CCCCCC(c1c(C(C)(C)C)cc(C(C)(C)C)cc1C(C)(C)C)C(O)CCO.OP(O)O. The molecule has 1 aromatic carbocycles. The van der Waals surface area contributed by atoms with Gasteiger partial charge in [0.1, 0.15) is 0 Å². The van der Waals surface area contributed by atoms with Gasteiger partial charge in [0.05, 0.1) is 6.10 Å². The lowest BCUT2D eigenvalue weighted by Crippen LogP contribution is -2.30. The molecule has 33 heavy (non-hydrogen) atoms. The second-order valence-corrected chi connectivity index (χ2v) is 12.7. The molecule has 0 spiro atoms. The fourth-order valence-electron chi connectivity index (χ4n) is 4.20. The summed E-state index contributed by atoms with van der Waals surface area (Å²) in [6.45, 7) is 22.8. The monoisotopic (exact) mass is 486 g/mol. The molecule has 5 N–H and O–H groups in total. The summed E-state index contributed by atoms with van der Waals surface area (Å²) in [5, 5.41) is 20.7. The van der Waals surface area contributed by atoms with Crippen molar-refractivity contribution in [3.63, 3.8) is 0 Å². The average molecular weight is 487 g/mol. The first-order chi connectivity index (χ1) is 14.9. The van der Waals surface area contributed by atoms with Crippen LogP contribution in [0, 0.1) is 0 Å². The molecule has 0 bridgehead atoms. The Morgan fingerprint density at radius 1 is 0.758 bits per heavy atom. The smallest absolute Gasteiger partial charge is 0.324 e. The van der Waals surface area contributed by atoms with Crippen molar-refractivity contribution in [3.8, 4) is 0 Å². The molecule has 0 aliphatic rings. The molecule has 0 aromatic heterocycles. The number of aliphatic hydroxyl groups excluding tert-OH is 2. The van der Waals surface area contributed by atoms with E-state index in [-0.39, 0.29) is 28.8 Å². The van der Waals surface area contributed by atoms with Gasteiger partial charge in [0.2, 0.25) is 0 Å². The molecular formula is C27H51O5P. The highest BCUT2D eigenvalue weighted by Crippen LogP contribution is 2.44. The fraction of sp³-hybridized carbons (Fsp3) is 0.778. The van der Waals surface area contributed by atoms with Gasteiger partial charge in [-0.05, 0) is 51.3 Å². The second-order valence-electron chi connectivity index (χ2n) is 12.2. The average Bonchev–Trinajstić information content (AvgIpc) is 2.62. The van der Waals surface area contributed by atoms with Gasteiger partial charge in [-0.25, -0.2) is 0 Å². The van der Waals surface area contributed by atoms with Crippen LogP contribution in [0.25, 0.3) is 0 Å². The molecule has 0 saturated heterocycles. The topological polar surface area (TPSA) is 101 Å². The fourth-order valence-corrected chi connectivity index (χ4v) is 4.20. The van der Waals surface area contributed by atoms with Crippen molar-refractivity contribution in [2.45, 2.75) is 130 Å². The Kier molecular flexibility index (Phi) is 13.3. The van der Waals surface area contributed by atoms with E-state index in [1.54, 1.807) is 0 Å². The van der Waals surface area contributed by atoms with Crippen molar-refractivity contribution in [1.29, 1.82) is 0 Å².